The van der Waals surface area contributed by atoms with E-state index in [0.29, 0.717) is 6.42 Å². The molecule has 114 valence electrons. The summed E-state index contributed by atoms with van der Waals surface area (Å²) < 4.78 is 11.1. The van der Waals surface area contributed by atoms with Crippen molar-refractivity contribution in [3.05, 3.63) is 59.7 Å². The molecule has 0 fully saturated rings. The first-order valence-corrected chi connectivity index (χ1v) is 7.37. The molecule has 0 saturated carbocycles. The Morgan fingerprint density at radius 1 is 1.23 bits per heavy atom. The van der Waals surface area contributed by atoms with Crippen molar-refractivity contribution in [3.8, 4) is 11.5 Å². The van der Waals surface area contributed by atoms with Crippen molar-refractivity contribution < 1.29 is 14.3 Å². The van der Waals surface area contributed by atoms with E-state index in [1.807, 2.05) is 55.5 Å². The number of carbonyl (C=O) groups is 1. The quantitative estimate of drug-likeness (QED) is 0.944. The van der Waals surface area contributed by atoms with Crippen molar-refractivity contribution >= 4 is 5.91 Å². The van der Waals surface area contributed by atoms with Gasteiger partial charge in [0.1, 0.15) is 11.5 Å². The number of fused-ring (bicyclic) bond motifs is 1. The second kappa shape index (κ2) is 6.10. The van der Waals surface area contributed by atoms with Crippen LogP contribution in [0.15, 0.2) is 48.5 Å². The lowest BCUT2D eigenvalue weighted by molar-refractivity contribution is -0.127. The molecule has 4 nitrogen and oxygen atoms in total. The van der Waals surface area contributed by atoms with Gasteiger partial charge in [0.25, 0.3) is 5.91 Å². The summed E-state index contributed by atoms with van der Waals surface area (Å²) in [5.74, 6) is 1.47. The molecule has 0 bridgehead atoms. The number of nitrogens with one attached hydrogen (secondary N) is 1. The van der Waals surface area contributed by atoms with Gasteiger partial charge in [0.15, 0.2) is 6.10 Å². The Balaban J connectivity index is 1.68. The summed E-state index contributed by atoms with van der Waals surface area (Å²) in [6, 6.07) is 15.3. The molecule has 0 radical (unpaired) electrons. The highest BCUT2D eigenvalue weighted by Crippen LogP contribution is 2.29. The summed E-state index contributed by atoms with van der Waals surface area (Å²) in [4.78, 5) is 12.4. The number of methoxy groups -OCH3 is 1. The molecule has 3 rings (SSSR count). The van der Waals surface area contributed by atoms with E-state index < -0.39 is 6.10 Å². The van der Waals surface area contributed by atoms with Crippen molar-refractivity contribution in [1.82, 2.24) is 5.32 Å². The van der Waals surface area contributed by atoms with Crippen LogP contribution >= 0.6 is 0 Å². The van der Waals surface area contributed by atoms with Crippen LogP contribution in [0, 0.1) is 0 Å². The molecule has 1 heterocycles. The molecular weight excluding hydrogens is 278 g/mol. The topological polar surface area (TPSA) is 47.6 Å². The van der Waals surface area contributed by atoms with E-state index in [1.165, 1.54) is 0 Å². The molecule has 1 N–H and O–H groups in total. The van der Waals surface area contributed by atoms with Gasteiger partial charge in [-0.3, -0.25) is 4.79 Å². The van der Waals surface area contributed by atoms with Crippen molar-refractivity contribution in [2.45, 2.75) is 25.5 Å². The molecule has 2 aromatic rings. The first kappa shape index (κ1) is 14.4. The average molecular weight is 297 g/mol. The fraction of sp³-hybridized carbons (Fsp3) is 0.278. The number of ether oxygens (including phenoxy) is 2. The Bertz CT molecular complexity index is 659. The molecule has 4 heteroatoms. The molecule has 0 saturated heterocycles. The second-order valence-electron chi connectivity index (χ2n) is 5.39. The van der Waals surface area contributed by atoms with E-state index in [0.717, 1.165) is 22.6 Å². The second-order valence-corrected chi connectivity index (χ2v) is 5.39. The van der Waals surface area contributed by atoms with Crippen LogP contribution < -0.4 is 14.8 Å². The molecule has 0 unspecified atom stereocenters. The predicted octanol–water partition coefficient (Wildman–Crippen LogP) is 2.88. The van der Waals surface area contributed by atoms with Gasteiger partial charge in [-0.15, -0.1) is 0 Å². The highest BCUT2D eigenvalue weighted by Gasteiger charge is 2.29. The van der Waals surface area contributed by atoms with Gasteiger partial charge in [-0.25, -0.2) is 0 Å². The van der Waals surface area contributed by atoms with Crippen LogP contribution in [-0.4, -0.2) is 19.1 Å². The van der Waals surface area contributed by atoms with Gasteiger partial charge in [0, 0.05) is 12.0 Å². The van der Waals surface area contributed by atoms with Crippen LogP contribution in [0.4, 0.5) is 0 Å². The van der Waals surface area contributed by atoms with Crippen LogP contribution in [0.25, 0.3) is 0 Å². The molecular formula is C18H19NO3. The van der Waals surface area contributed by atoms with Gasteiger partial charge < -0.3 is 14.8 Å². The number of hydrogen-bond acceptors (Lipinski definition) is 3. The number of carbonyl (C=O) groups excluding carboxylic acids is 1. The maximum absolute atomic E-state index is 12.4. The van der Waals surface area contributed by atoms with E-state index in [-0.39, 0.29) is 11.9 Å². The van der Waals surface area contributed by atoms with E-state index in [9.17, 15) is 4.79 Å². The fourth-order valence-electron chi connectivity index (χ4n) is 2.74. The molecule has 0 aromatic heterocycles. The summed E-state index contributed by atoms with van der Waals surface area (Å²) in [7, 11) is 1.63. The van der Waals surface area contributed by atoms with Gasteiger partial charge in [0.05, 0.1) is 13.2 Å². The van der Waals surface area contributed by atoms with E-state index in [1.54, 1.807) is 7.11 Å². The van der Waals surface area contributed by atoms with E-state index in [4.69, 9.17) is 9.47 Å². The zero-order valence-corrected chi connectivity index (χ0v) is 12.7. The Morgan fingerprint density at radius 2 is 1.95 bits per heavy atom. The molecule has 22 heavy (non-hydrogen) atoms. The van der Waals surface area contributed by atoms with Gasteiger partial charge in [-0.2, -0.15) is 0 Å². The third kappa shape index (κ3) is 2.77. The third-order valence-corrected chi connectivity index (χ3v) is 3.90. The van der Waals surface area contributed by atoms with E-state index >= 15 is 0 Å². The minimum absolute atomic E-state index is 0.102. The summed E-state index contributed by atoms with van der Waals surface area (Å²) in [5.41, 5.74) is 2.03. The highest BCUT2D eigenvalue weighted by molar-refractivity contribution is 5.83. The van der Waals surface area contributed by atoms with Gasteiger partial charge in [0.2, 0.25) is 0 Å². The fourth-order valence-corrected chi connectivity index (χ4v) is 2.74. The van der Waals surface area contributed by atoms with Crippen molar-refractivity contribution in [1.29, 1.82) is 0 Å². The van der Waals surface area contributed by atoms with Gasteiger partial charge in [-0.05, 0) is 24.6 Å². The lowest BCUT2D eigenvalue weighted by atomic mass is 10.1. The summed E-state index contributed by atoms with van der Waals surface area (Å²) in [5, 5.41) is 3.00. The number of para-hydroxylation sites is 2. The van der Waals surface area contributed by atoms with Gasteiger partial charge >= 0.3 is 0 Å². The Hall–Kier alpha value is -2.49. The Morgan fingerprint density at radius 3 is 2.73 bits per heavy atom. The lowest BCUT2D eigenvalue weighted by Gasteiger charge is -2.19. The zero-order valence-electron chi connectivity index (χ0n) is 12.7. The zero-order chi connectivity index (χ0) is 15.5. The molecule has 0 aliphatic carbocycles. The third-order valence-electron chi connectivity index (χ3n) is 3.90. The van der Waals surface area contributed by atoms with Crippen molar-refractivity contribution in [2.24, 2.45) is 0 Å². The van der Waals surface area contributed by atoms with Crippen LogP contribution in [0.1, 0.15) is 24.1 Å². The minimum Gasteiger partial charge on any atom is -0.496 e. The molecule has 2 atom stereocenters. The van der Waals surface area contributed by atoms with Crippen LogP contribution in [0.2, 0.25) is 0 Å². The average Bonchev–Trinajstić information content (AvgIpc) is 2.99. The Labute approximate surface area is 130 Å². The molecule has 2 aromatic carbocycles. The standard InChI is InChI=1S/C18H19NO3/c1-12(14-8-4-6-10-16(14)21-2)19-18(20)17-11-13-7-3-5-9-15(13)22-17/h3-10,12,17H,11H2,1-2H3,(H,19,20)/t12-,17+/m1/s1. The SMILES string of the molecule is COc1ccccc1[C@@H](C)NC(=O)[C@@H]1Cc2ccccc2O1. The van der Waals surface area contributed by atoms with Crippen molar-refractivity contribution in [3.63, 3.8) is 0 Å². The Kier molecular flexibility index (Phi) is 4.00. The van der Waals surface area contributed by atoms with Crippen LogP contribution in [0.3, 0.4) is 0 Å². The molecule has 1 amide bonds. The van der Waals surface area contributed by atoms with Gasteiger partial charge in [-0.1, -0.05) is 36.4 Å². The lowest BCUT2D eigenvalue weighted by Crippen LogP contribution is -2.38. The smallest absolute Gasteiger partial charge is 0.261 e. The molecule has 1 aliphatic rings. The molecule has 0 spiro atoms. The number of amides is 1. The maximum atomic E-state index is 12.4. The minimum atomic E-state index is -0.463. The first-order valence-electron chi connectivity index (χ1n) is 7.37. The maximum Gasteiger partial charge on any atom is 0.261 e. The number of benzene rings is 2. The highest BCUT2D eigenvalue weighted by atomic mass is 16.5. The summed E-state index contributed by atoms with van der Waals surface area (Å²) >= 11 is 0. The number of hydrogen-bond donors (Lipinski definition) is 1. The number of rotatable bonds is 4. The normalized spacial score (nSPS) is 17.3. The largest absolute Gasteiger partial charge is 0.496 e. The summed E-state index contributed by atoms with van der Waals surface area (Å²) in [6.45, 7) is 1.94. The predicted molar refractivity (Wildman–Crippen MR) is 84.1 cm³/mol. The van der Waals surface area contributed by atoms with Crippen molar-refractivity contribution in [2.75, 3.05) is 7.11 Å². The monoisotopic (exact) mass is 297 g/mol. The molecule has 1 aliphatic heterocycles. The summed E-state index contributed by atoms with van der Waals surface area (Å²) in [6.07, 6.45) is 0.148. The van der Waals surface area contributed by atoms with Crippen LogP contribution in [-0.2, 0) is 11.2 Å². The van der Waals surface area contributed by atoms with E-state index in [2.05, 4.69) is 5.32 Å². The first-order chi connectivity index (χ1) is 10.7. The van der Waals surface area contributed by atoms with Crippen LogP contribution in [0.5, 0.6) is 11.5 Å².